The van der Waals surface area contributed by atoms with E-state index in [0.29, 0.717) is 0 Å². The number of nitrogens with zero attached hydrogens (tertiary/aromatic N) is 1. The van der Waals surface area contributed by atoms with Crippen LogP contribution >= 0.6 is 0 Å². The highest BCUT2D eigenvalue weighted by molar-refractivity contribution is 6.85. The Morgan fingerprint density at radius 3 is 1.88 bits per heavy atom. The van der Waals surface area contributed by atoms with Gasteiger partial charge in [-0.05, 0) is 0 Å². The number of ether oxygens (including phenoxy) is 1. The average molecular weight is 241 g/mol. The van der Waals surface area contributed by atoms with Crippen LogP contribution in [0.25, 0.3) is 0 Å². The van der Waals surface area contributed by atoms with Crippen LogP contribution in [0.1, 0.15) is 41.5 Å². The first-order chi connectivity index (χ1) is 7.41. The van der Waals surface area contributed by atoms with Gasteiger partial charge in [-0.2, -0.15) is 0 Å². The molecule has 1 aliphatic rings. The second-order valence-electron chi connectivity index (χ2n) is 5.88. The third-order valence-electron chi connectivity index (χ3n) is 4.33. The highest BCUT2D eigenvalue weighted by Gasteiger charge is 2.44. The molecule has 0 saturated carbocycles. The second-order valence-corrected chi connectivity index (χ2v) is 11.9. The standard InChI is InChI=1S/C13H27NOSi/c1-10(2)16(11(3)4,12(5)6)9-13-14-7-8-15-13/h10-12H,7-9H2,1-6H3. The molecular weight excluding hydrogens is 214 g/mol. The summed E-state index contributed by atoms with van der Waals surface area (Å²) in [5.41, 5.74) is 2.37. The third kappa shape index (κ3) is 2.50. The third-order valence-corrected chi connectivity index (χ3v) is 11.7. The van der Waals surface area contributed by atoms with Crippen molar-refractivity contribution in [2.45, 2.75) is 64.2 Å². The lowest BCUT2D eigenvalue weighted by molar-refractivity contribution is 0.344. The zero-order valence-corrected chi connectivity index (χ0v) is 12.7. The Balaban J connectivity index is 2.92. The molecule has 0 aliphatic carbocycles. The Morgan fingerprint density at radius 1 is 1.06 bits per heavy atom. The number of aliphatic imine (C=N–C) groups is 1. The molecule has 3 heteroatoms. The summed E-state index contributed by atoms with van der Waals surface area (Å²) in [5, 5.41) is 0. The molecule has 0 unspecified atom stereocenters. The van der Waals surface area contributed by atoms with E-state index in [0.717, 1.165) is 41.7 Å². The summed E-state index contributed by atoms with van der Waals surface area (Å²) < 4.78 is 5.64. The van der Waals surface area contributed by atoms with Crippen molar-refractivity contribution in [2.75, 3.05) is 13.2 Å². The van der Waals surface area contributed by atoms with Gasteiger partial charge in [0, 0.05) is 6.04 Å². The molecule has 0 N–H and O–H groups in total. The first-order valence-corrected chi connectivity index (χ1v) is 9.01. The number of hydrogen-bond acceptors (Lipinski definition) is 2. The first-order valence-electron chi connectivity index (χ1n) is 6.57. The van der Waals surface area contributed by atoms with Crippen LogP contribution in [0, 0.1) is 0 Å². The minimum Gasteiger partial charge on any atom is -0.479 e. The smallest absolute Gasteiger partial charge is 0.180 e. The van der Waals surface area contributed by atoms with E-state index in [1.807, 2.05) is 0 Å². The van der Waals surface area contributed by atoms with Crippen molar-refractivity contribution in [2.24, 2.45) is 4.99 Å². The molecule has 0 aromatic carbocycles. The van der Waals surface area contributed by atoms with Gasteiger partial charge < -0.3 is 4.74 Å². The van der Waals surface area contributed by atoms with E-state index >= 15 is 0 Å². The molecule has 0 amide bonds. The summed E-state index contributed by atoms with van der Waals surface area (Å²) >= 11 is 0. The molecule has 16 heavy (non-hydrogen) atoms. The molecule has 0 bridgehead atoms. The topological polar surface area (TPSA) is 21.6 Å². The Kier molecular flexibility index (Phi) is 4.59. The van der Waals surface area contributed by atoms with Gasteiger partial charge in [0.05, 0.1) is 14.6 Å². The summed E-state index contributed by atoms with van der Waals surface area (Å²) in [5.74, 6) is 1.04. The van der Waals surface area contributed by atoms with E-state index in [9.17, 15) is 0 Å². The normalized spacial score (nSPS) is 17.2. The maximum Gasteiger partial charge on any atom is 0.180 e. The molecule has 0 atom stereocenters. The number of hydrogen-bond donors (Lipinski definition) is 0. The van der Waals surface area contributed by atoms with Gasteiger partial charge in [0.15, 0.2) is 5.90 Å². The van der Waals surface area contributed by atoms with E-state index in [4.69, 9.17) is 4.74 Å². The van der Waals surface area contributed by atoms with E-state index < -0.39 is 8.07 Å². The minimum absolute atomic E-state index is 0.791. The quantitative estimate of drug-likeness (QED) is 0.664. The van der Waals surface area contributed by atoms with Crippen molar-refractivity contribution < 1.29 is 4.74 Å². The molecular formula is C13H27NOSi. The van der Waals surface area contributed by atoms with Gasteiger partial charge in [0.2, 0.25) is 0 Å². The first kappa shape index (κ1) is 13.8. The van der Waals surface area contributed by atoms with Crippen LogP contribution in [0.4, 0.5) is 0 Å². The molecule has 1 aliphatic heterocycles. The zero-order chi connectivity index (χ0) is 12.3. The Bertz CT molecular complexity index is 237. The van der Waals surface area contributed by atoms with Gasteiger partial charge in [-0.25, -0.2) is 0 Å². The van der Waals surface area contributed by atoms with Gasteiger partial charge in [-0.15, -0.1) is 0 Å². The fourth-order valence-corrected chi connectivity index (χ4v) is 9.32. The second kappa shape index (κ2) is 5.35. The largest absolute Gasteiger partial charge is 0.479 e. The minimum atomic E-state index is -1.35. The van der Waals surface area contributed by atoms with Crippen molar-refractivity contribution in [1.29, 1.82) is 0 Å². The average Bonchev–Trinajstić information content (AvgIpc) is 2.64. The van der Waals surface area contributed by atoms with Gasteiger partial charge in [-0.3, -0.25) is 4.99 Å². The molecule has 1 heterocycles. The van der Waals surface area contributed by atoms with Crippen molar-refractivity contribution in [3.63, 3.8) is 0 Å². The lowest BCUT2D eigenvalue weighted by Crippen LogP contribution is -2.46. The maximum atomic E-state index is 5.64. The van der Waals surface area contributed by atoms with Crippen LogP contribution in [0.15, 0.2) is 4.99 Å². The Hall–Kier alpha value is -0.313. The lowest BCUT2D eigenvalue weighted by Gasteiger charge is -2.42. The van der Waals surface area contributed by atoms with Gasteiger partial charge in [0.25, 0.3) is 0 Å². The molecule has 0 spiro atoms. The van der Waals surface area contributed by atoms with Crippen LogP contribution in [0.3, 0.4) is 0 Å². The zero-order valence-electron chi connectivity index (χ0n) is 11.7. The molecule has 1 rings (SSSR count). The van der Waals surface area contributed by atoms with Gasteiger partial charge >= 0.3 is 0 Å². The predicted octanol–water partition coefficient (Wildman–Crippen LogP) is 4.09. The SMILES string of the molecule is CC(C)[Si](CC1=NCCO1)(C(C)C)C(C)C. The van der Waals surface area contributed by atoms with Crippen LogP contribution in [0.5, 0.6) is 0 Å². The maximum absolute atomic E-state index is 5.64. The summed E-state index contributed by atoms with van der Waals surface area (Å²) in [6.07, 6.45) is 0. The van der Waals surface area contributed by atoms with Gasteiger partial charge in [0.1, 0.15) is 6.61 Å². The number of rotatable bonds is 5. The Labute approximate surface area is 102 Å². The van der Waals surface area contributed by atoms with Crippen molar-refractivity contribution in [3.05, 3.63) is 0 Å². The van der Waals surface area contributed by atoms with Gasteiger partial charge in [-0.1, -0.05) is 58.2 Å². The fraction of sp³-hybridized carbons (Fsp3) is 0.923. The molecule has 0 aromatic rings. The fourth-order valence-electron chi connectivity index (χ4n) is 3.36. The highest BCUT2D eigenvalue weighted by Crippen LogP contribution is 2.44. The predicted molar refractivity (Wildman–Crippen MR) is 74.1 cm³/mol. The van der Waals surface area contributed by atoms with E-state index in [-0.39, 0.29) is 0 Å². The van der Waals surface area contributed by atoms with Crippen LogP contribution < -0.4 is 0 Å². The van der Waals surface area contributed by atoms with Crippen molar-refractivity contribution in [1.82, 2.24) is 0 Å². The van der Waals surface area contributed by atoms with Crippen LogP contribution in [-0.4, -0.2) is 27.1 Å². The summed E-state index contributed by atoms with van der Waals surface area (Å²) in [7, 11) is -1.35. The molecule has 94 valence electrons. The summed E-state index contributed by atoms with van der Waals surface area (Å²) in [6, 6.07) is 1.14. The van der Waals surface area contributed by atoms with E-state index in [2.05, 4.69) is 46.5 Å². The molecule has 0 aromatic heterocycles. The molecule has 0 radical (unpaired) electrons. The lowest BCUT2D eigenvalue weighted by atomic mass is 10.5. The van der Waals surface area contributed by atoms with E-state index in [1.165, 1.54) is 0 Å². The highest BCUT2D eigenvalue weighted by atomic mass is 28.3. The monoisotopic (exact) mass is 241 g/mol. The van der Waals surface area contributed by atoms with Crippen LogP contribution in [-0.2, 0) is 4.74 Å². The molecule has 0 saturated heterocycles. The van der Waals surface area contributed by atoms with Crippen molar-refractivity contribution in [3.8, 4) is 0 Å². The van der Waals surface area contributed by atoms with E-state index in [1.54, 1.807) is 0 Å². The summed E-state index contributed by atoms with van der Waals surface area (Å²) in [4.78, 5) is 4.50. The summed E-state index contributed by atoms with van der Waals surface area (Å²) in [6.45, 7) is 16.0. The molecule has 2 nitrogen and oxygen atoms in total. The molecule has 0 fully saturated rings. The Morgan fingerprint density at radius 2 is 1.56 bits per heavy atom. The van der Waals surface area contributed by atoms with Crippen LogP contribution in [0.2, 0.25) is 22.7 Å². The van der Waals surface area contributed by atoms with Crippen molar-refractivity contribution >= 4 is 14.0 Å².